The average molecular weight is 408 g/mol. The molecular weight excluding hydrogens is 379 g/mol. The Kier molecular flexibility index (Phi) is 7.11. The van der Waals surface area contributed by atoms with Crippen LogP contribution in [0.25, 0.3) is 0 Å². The normalized spacial score (nSPS) is 13.3. The van der Waals surface area contributed by atoms with Crippen molar-refractivity contribution >= 4 is 24.3 Å². The van der Waals surface area contributed by atoms with Crippen molar-refractivity contribution in [2.45, 2.75) is 65.1 Å². The molecule has 5 nitrogen and oxygen atoms in total. The van der Waals surface area contributed by atoms with Gasteiger partial charge in [-0.05, 0) is 61.3 Å². The monoisotopic (exact) mass is 408 g/mol. The average Bonchev–Trinajstić information content (AvgIpc) is 3.06. The van der Waals surface area contributed by atoms with Crippen LogP contribution in [0.15, 0.2) is 42.5 Å². The molecular formula is C24H29BO5. The van der Waals surface area contributed by atoms with E-state index in [-0.39, 0.29) is 11.8 Å². The standard InChI is InChI=1S/C24H29BO5/c1-24(2,3)30-22(27)14-11-17-7-9-18(10-8-17)15-21(26)13-12-19-5-4-6-20-16-29-25(28)23(19)20/h4-10,28H,11-16H2,1-3H3. The van der Waals surface area contributed by atoms with Crippen molar-refractivity contribution in [1.82, 2.24) is 0 Å². The Morgan fingerprint density at radius 3 is 2.43 bits per heavy atom. The molecule has 0 amide bonds. The van der Waals surface area contributed by atoms with Crippen LogP contribution in [-0.4, -0.2) is 29.5 Å². The van der Waals surface area contributed by atoms with Crippen LogP contribution in [0.3, 0.4) is 0 Å². The van der Waals surface area contributed by atoms with Gasteiger partial charge in [-0.15, -0.1) is 0 Å². The van der Waals surface area contributed by atoms with Crippen LogP contribution in [0, 0.1) is 0 Å². The topological polar surface area (TPSA) is 72.8 Å². The predicted octanol–water partition coefficient (Wildman–Crippen LogP) is 2.92. The minimum atomic E-state index is -0.889. The maximum Gasteiger partial charge on any atom is 0.492 e. The fraction of sp³-hybridized carbons (Fsp3) is 0.417. The van der Waals surface area contributed by atoms with Crippen LogP contribution >= 0.6 is 0 Å². The summed E-state index contributed by atoms with van der Waals surface area (Å²) in [7, 11) is -0.889. The summed E-state index contributed by atoms with van der Waals surface area (Å²) in [5.41, 5.74) is 4.33. The highest BCUT2D eigenvalue weighted by Gasteiger charge is 2.29. The Morgan fingerprint density at radius 2 is 1.73 bits per heavy atom. The van der Waals surface area contributed by atoms with Gasteiger partial charge in [0.2, 0.25) is 0 Å². The molecule has 0 saturated carbocycles. The molecule has 0 unspecified atom stereocenters. The second kappa shape index (κ2) is 9.58. The fourth-order valence-electron chi connectivity index (χ4n) is 3.63. The number of fused-ring (bicyclic) bond motifs is 1. The number of ketones is 1. The van der Waals surface area contributed by atoms with Gasteiger partial charge in [0.1, 0.15) is 11.4 Å². The molecule has 1 N–H and O–H groups in total. The van der Waals surface area contributed by atoms with E-state index in [1.807, 2.05) is 63.2 Å². The Bertz CT molecular complexity index is 899. The molecule has 0 fully saturated rings. The van der Waals surface area contributed by atoms with E-state index >= 15 is 0 Å². The summed E-state index contributed by atoms with van der Waals surface area (Å²) in [4.78, 5) is 24.3. The zero-order valence-electron chi connectivity index (χ0n) is 17.9. The summed E-state index contributed by atoms with van der Waals surface area (Å²) in [5, 5.41) is 9.99. The summed E-state index contributed by atoms with van der Waals surface area (Å²) in [6, 6.07) is 13.6. The van der Waals surface area contributed by atoms with E-state index in [2.05, 4.69) is 0 Å². The van der Waals surface area contributed by atoms with Crippen LogP contribution in [0.1, 0.15) is 55.9 Å². The maximum absolute atomic E-state index is 12.4. The first-order valence-electron chi connectivity index (χ1n) is 10.4. The van der Waals surface area contributed by atoms with E-state index in [9.17, 15) is 14.6 Å². The molecule has 0 spiro atoms. The first kappa shape index (κ1) is 22.3. The van der Waals surface area contributed by atoms with E-state index < -0.39 is 12.7 Å². The van der Waals surface area contributed by atoms with Crippen LogP contribution < -0.4 is 5.46 Å². The smallest absolute Gasteiger partial charge is 0.460 e. The number of carbonyl (C=O) groups is 2. The lowest BCUT2D eigenvalue weighted by Gasteiger charge is -2.19. The molecule has 2 aromatic carbocycles. The third kappa shape index (κ3) is 6.28. The minimum absolute atomic E-state index is 0.155. The number of rotatable bonds is 8. The lowest BCUT2D eigenvalue weighted by Crippen LogP contribution is -2.31. The summed E-state index contributed by atoms with van der Waals surface area (Å²) in [6.07, 6.45) is 2.35. The lowest BCUT2D eigenvalue weighted by atomic mass is 9.75. The van der Waals surface area contributed by atoms with Crippen molar-refractivity contribution in [3.63, 3.8) is 0 Å². The van der Waals surface area contributed by atoms with Crippen molar-refractivity contribution in [1.29, 1.82) is 0 Å². The first-order chi connectivity index (χ1) is 14.2. The quantitative estimate of drug-likeness (QED) is 0.537. The fourth-order valence-corrected chi connectivity index (χ4v) is 3.63. The zero-order chi connectivity index (χ0) is 21.7. The molecule has 0 bridgehead atoms. The molecule has 0 saturated heterocycles. The highest BCUT2D eigenvalue weighted by atomic mass is 16.6. The summed E-state index contributed by atoms with van der Waals surface area (Å²) >= 11 is 0. The number of hydrogen-bond acceptors (Lipinski definition) is 5. The van der Waals surface area contributed by atoms with Gasteiger partial charge in [0.25, 0.3) is 0 Å². The molecule has 1 aliphatic rings. The molecule has 6 heteroatoms. The van der Waals surface area contributed by atoms with Crippen molar-refractivity contribution in [2.24, 2.45) is 0 Å². The summed E-state index contributed by atoms with van der Waals surface area (Å²) in [5.74, 6) is -0.0489. The molecule has 1 heterocycles. The largest absolute Gasteiger partial charge is 0.492 e. The molecule has 30 heavy (non-hydrogen) atoms. The molecule has 0 atom stereocenters. The van der Waals surface area contributed by atoms with E-state index in [1.54, 1.807) is 0 Å². The van der Waals surface area contributed by atoms with Crippen molar-refractivity contribution in [2.75, 3.05) is 0 Å². The lowest BCUT2D eigenvalue weighted by molar-refractivity contribution is -0.154. The Hall–Kier alpha value is -2.44. The Labute approximate surface area is 178 Å². The van der Waals surface area contributed by atoms with Crippen LogP contribution in [0.4, 0.5) is 0 Å². The number of ether oxygens (including phenoxy) is 1. The number of hydrogen-bond donors (Lipinski definition) is 1. The highest BCUT2D eigenvalue weighted by molar-refractivity contribution is 6.62. The van der Waals surface area contributed by atoms with Crippen LogP contribution in [0.2, 0.25) is 0 Å². The maximum atomic E-state index is 12.4. The first-order valence-corrected chi connectivity index (χ1v) is 10.4. The van der Waals surface area contributed by atoms with Crippen LogP contribution in [-0.2, 0) is 44.8 Å². The van der Waals surface area contributed by atoms with Crippen molar-refractivity contribution in [3.05, 3.63) is 64.7 Å². The predicted molar refractivity (Wildman–Crippen MR) is 116 cm³/mol. The van der Waals surface area contributed by atoms with Gasteiger partial charge in [-0.25, -0.2) is 0 Å². The third-order valence-electron chi connectivity index (χ3n) is 5.07. The van der Waals surface area contributed by atoms with Crippen molar-refractivity contribution < 1.29 is 24.0 Å². The van der Waals surface area contributed by atoms with Gasteiger partial charge >= 0.3 is 13.1 Å². The van der Waals surface area contributed by atoms with Gasteiger partial charge in [0, 0.05) is 19.3 Å². The molecule has 3 rings (SSSR count). The second-order valence-corrected chi connectivity index (χ2v) is 8.77. The summed E-state index contributed by atoms with van der Waals surface area (Å²) in [6.45, 7) is 5.99. The van der Waals surface area contributed by atoms with Gasteiger partial charge < -0.3 is 14.4 Å². The highest BCUT2D eigenvalue weighted by Crippen LogP contribution is 2.15. The number of carbonyl (C=O) groups excluding carboxylic acids is 2. The molecule has 1 aliphatic heterocycles. The van der Waals surface area contributed by atoms with E-state index in [0.29, 0.717) is 38.7 Å². The molecule has 158 valence electrons. The Morgan fingerprint density at radius 1 is 1.03 bits per heavy atom. The number of aryl methyl sites for hydroxylation is 2. The second-order valence-electron chi connectivity index (χ2n) is 8.77. The van der Waals surface area contributed by atoms with Crippen LogP contribution in [0.5, 0.6) is 0 Å². The zero-order valence-corrected chi connectivity index (χ0v) is 17.9. The molecule has 0 aliphatic carbocycles. The molecule has 0 aromatic heterocycles. The van der Waals surface area contributed by atoms with Gasteiger partial charge in [-0.2, -0.15) is 0 Å². The number of benzene rings is 2. The SMILES string of the molecule is CC(C)(C)OC(=O)CCc1ccc(CC(=O)CCc2cccc3c2B(O)OC3)cc1. The molecule has 0 radical (unpaired) electrons. The van der Waals surface area contributed by atoms with E-state index in [0.717, 1.165) is 27.7 Å². The van der Waals surface area contributed by atoms with Gasteiger partial charge in [0.15, 0.2) is 0 Å². The number of Topliss-reactive ketones (excluding diaryl/α,β-unsaturated/α-hetero) is 1. The van der Waals surface area contributed by atoms with Gasteiger partial charge in [-0.3, -0.25) is 9.59 Å². The van der Waals surface area contributed by atoms with Gasteiger partial charge in [-0.1, -0.05) is 42.5 Å². The van der Waals surface area contributed by atoms with Gasteiger partial charge in [0.05, 0.1) is 6.61 Å². The Balaban J connectivity index is 1.47. The van der Waals surface area contributed by atoms with E-state index in [4.69, 9.17) is 9.39 Å². The summed E-state index contributed by atoms with van der Waals surface area (Å²) < 4.78 is 10.6. The van der Waals surface area contributed by atoms with E-state index in [1.165, 1.54) is 0 Å². The number of esters is 1. The van der Waals surface area contributed by atoms with Crippen molar-refractivity contribution in [3.8, 4) is 0 Å². The minimum Gasteiger partial charge on any atom is -0.460 e. The molecule has 2 aromatic rings. The third-order valence-corrected chi connectivity index (χ3v) is 5.07.